The van der Waals surface area contributed by atoms with Gasteiger partial charge >= 0.3 is 0 Å². The number of hydrazone groups is 1. The lowest BCUT2D eigenvalue weighted by Crippen LogP contribution is -2.26. The molecule has 1 aliphatic heterocycles. The van der Waals surface area contributed by atoms with Gasteiger partial charge in [0.25, 0.3) is 0 Å². The average molecular weight is 369 g/mol. The smallest absolute Gasteiger partial charge is 0.242 e. The number of hydrogen-bond acceptors (Lipinski definition) is 6. The number of carbonyl (C=O) groups is 1. The number of rotatable bonds is 8. The van der Waals surface area contributed by atoms with Crippen LogP contribution in [0.5, 0.6) is 11.5 Å². The van der Waals surface area contributed by atoms with E-state index in [0.717, 1.165) is 17.1 Å². The van der Waals surface area contributed by atoms with Crippen molar-refractivity contribution in [2.75, 3.05) is 24.7 Å². The summed E-state index contributed by atoms with van der Waals surface area (Å²) in [5, 5.41) is 4.05. The predicted molar refractivity (Wildman–Crippen MR) is 102 cm³/mol. The number of nitrogens with one attached hydrogen (secondary N) is 1. The highest BCUT2D eigenvalue weighted by molar-refractivity contribution is 8.21. The van der Waals surface area contributed by atoms with E-state index in [1.807, 2.05) is 55.6 Å². The number of ether oxygens (including phenoxy) is 2. The summed E-state index contributed by atoms with van der Waals surface area (Å²) in [6.45, 7) is 7.11. The Morgan fingerprint density at radius 2 is 1.92 bits per heavy atom. The van der Waals surface area contributed by atoms with Gasteiger partial charge in [-0.1, -0.05) is 0 Å². The molecule has 1 aromatic rings. The molecular weight excluding hydrogens is 344 g/mol. The van der Waals surface area contributed by atoms with E-state index < -0.39 is 0 Å². The van der Waals surface area contributed by atoms with Crippen LogP contribution < -0.4 is 14.9 Å². The molecule has 0 bridgehead atoms. The van der Waals surface area contributed by atoms with Crippen LogP contribution in [0.1, 0.15) is 32.8 Å². The van der Waals surface area contributed by atoms with Crippen molar-refractivity contribution in [3.05, 3.63) is 23.8 Å². The van der Waals surface area contributed by atoms with Crippen molar-refractivity contribution in [1.82, 2.24) is 5.43 Å². The third kappa shape index (κ3) is 5.63. The second-order valence-corrected chi connectivity index (χ2v) is 8.83. The van der Waals surface area contributed by atoms with E-state index in [1.165, 1.54) is 0 Å². The van der Waals surface area contributed by atoms with Gasteiger partial charge in [0.2, 0.25) is 5.91 Å². The van der Waals surface area contributed by atoms with Crippen LogP contribution in [0.25, 0.3) is 0 Å². The molecule has 0 aliphatic carbocycles. The lowest BCUT2D eigenvalue weighted by atomic mass is 10.2. The number of amides is 1. The molecule has 0 atom stereocenters. The molecule has 0 spiro atoms. The van der Waals surface area contributed by atoms with Crippen molar-refractivity contribution < 1.29 is 14.3 Å². The number of carbonyl (C=O) groups excluding carboxylic acids is 1. The quantitative estimate of drug-likeness (QED) is 0.562. The summed E-state index contributed by atoms with van der Waals surface area (Å²) in [6, 6.07) is 5.59. The van der Waals surface area contributed by atoms with Crippen LogP contribution in [0.3, 0.4) is 0 Å². The highest BCUT2D eigenvalue weighted by Crippen LogP contribution is 2.45. The molecule has 1 aliphatic rings. The Balaban J connectivity index is 1.93. The fourth-order valence-corrected chi connectivity index (χ4v) is 5.15. The Kier molecular flexibility index (Phi) is 7.30. The van der Waals surface area contributed by atoms with Gasteiger partial charge in [0, 0.05) is 11.5 Å². The Labute approximate surface area is 151 Å². The van der Waals surface area contributed by atoms with E-state index in [1.54, 1.807) is 6.21 Å². The molecule has 132 valence electrons. The van der Waals surface area contributed by atoms with Crippen molar-refractivity contribution in [1.29, 1.82) is 0 Å². The molecule has 0 radical (unpaired) electrons. The molecule has 1 heterocycles. The van der Waals surface area contributed by atoms with Crippen molar-refractivity contribution in [2.45, 2.75) is 31.3 Å². The Morgan fingerprint density at radius 3 is 2.58 bits per heavy atom. The molecule has 0 unspecified atom stereocenters. The largest absolute Gasteiger partial charge is 0.490 e. The topological polar surface area (TPSA) is 59.9 Å². The first kappa shape index (κ1) is 19.0. The first-order valence-corrected chi connectivity index (χ1v) is 10.0. The van der Waals surface area contributed by atoms with Crippen LogP contribution in [-0.4, -0.2) is 40.9 Å². The van der Waals surface area contributed by atoms with E-state index in [0.29, 0.717) is 31.1 Å². The van der Waals surface area contributed by atoms with Crippen LogP contribution >= 0.6 is 23.5 Å². The fraction of sp³-hybridized carbons (Fsp3) is 0.529. The maximum atomic E-state index is 12.0. The summed E-state index contributed by atoms with van der Waals surface area (Å²) in [5.74, 6) is 3.53. The Hall–Kier alpha value is -1.34. The molecule has 1 saturated heterocycles. The molecule has 1 amide bonds. The SMILES string of the molecule is CCOc1ccc(/C=N\NC(=O)CC2(C)SCCS2)cc1OCC. The van der Waals surface area contributed by atoms with Gasteiger partial charge < -0.3 is 9.47 Å². The maximum Gasteiger partial charge on any atom is 0.242 e. The predicted octanol–water partition coefficient (Wildman–Crippen LogP) is 3.52. The highest BCUT2D eigenvalue weighted by Gasteiger charge is 2.32. The molecule has 2 rings (SSSR count). The summed E-state index contributed by atoms with van der Waals surface area (Å²) >= 11 is 3.67. The molecule has 1 N–H and O–H groups in total. The number of thioether (sulfide) groups is 2. The number of nitrogens with zero attached hydrogens (tertiary/aromatic N) is 1. The minimum atomic E-state index is -0.0633. The fourth-order valence-electron chi connectivity index (χ4n) is 2.32. The van der Waals surface area contributed by atoms with Gasteiger partial charge in [-0.15, -0.1) is 23.5 Å². The van der Waals surface area contributed by atoms with Crippen molar-refractivity contribution >= 4 is 35.6 Å². The standard InChI is InChI=1S/C17H24N2O3S2/c1-4-21-14-7-6-13(10-15(14)22-5-2)12-18-19-16(20)11-17(3)23-8-9-24-17/h6-7,10,12H,4-5,8-9,11H2,1-3H3,(H,19,20)/b18-12-. The normalized spacial score (nSPS) is 16.3. The first-order chi connectivity index (χ1) is 11.6. The molecule has 7 heteroatoms. The summed E-state index contributed by atoms with van der Waals surface area (Å²) in [6.07, 6.45) is 2.08. The highest BCUT2D eigenvalue weighted by atomic mass is 32.2. The third-order valence-corrected chi connectivity index (χ3v) is 6.64. The lowest BCUT2D eigenvalue weighted by Gasteiger charge is -2.19. The minimum absolute atomic E-state index is 0.0269. The van der Waals surface area contributed by atoms with Gasteiger partial charge in [-0.25, -0.2) is 5.43 Å². The second-order valence-electron chi connectivity index (χ2n) is 5.37. The van der Waals surface area contributed by atoms with E-state index in [2.05, 4.69) is 17.5 Å². The van der Waals surface area contributed by atoms with Gasteiger partial charge in [-0.3, -0.25) is 4.79 Å². The minimum Gasteiger partial charge on any atom is -0.490 e. The zero-order valence-electron chi connectivity index (χ0n) is 14.3. The molecule has 0 aromatic heterocycles. The van der Waals surface area contributed by atoms with Crippen LogP contribution in [0.4, 0.5) is 0 Å². The van der Waals surface area contributed by atoms with Crippen molar-refractivity contribution in [2.24, 2.45) is 5.10 Å². The van der Waals surface area contributed by atoms with E-state index in [-0.39, 0.29) is 9.99 Å². The Morgan fingerprint density at radius 1 is 1.25 bits per heavy atom. The average Bonchev–Trinajstić information content (AvgIpc) is 2.96. The van der Waals surface area contributed by atoms with Gasteiger partial charge in [0.15, 0.2) is 11.5 Å². The van der Waals surface area contributed by atoms with E-state index in [9.17, 15) is 4.79 Å². The summed E-state index contributed by atoms with van der Waals surface area (Å²) in [5.41, 5.74) is 3.45. The zero-order valence-corrected chi connectivity index (χ0v) is 16.0. The Bertz CT molecular complexity index is 587. The molecular formula is C17H24N2O3S2. The monoisotopic (exact) mass is 368 g/mol. The number of benzene rings is 1. The van der Waals surface area contributed by atoms with Gasteiger partial charge in [0.1, 0.15) is 0 Å². The maximum absolute atomic E-state index is 12.0. The molecule has 1 fully saturated rings. The molecule has 1 aromatic carbocycles. The second kappa shape index (κ2) is 9.22. The van der Waals surface area contributed by atoms with Crippen molar-refractivity contribution in [3.63, 3.8) is 0 Å². The number of hydrogen-bond donors (Lipinski definition) is 1. The third-order valence-electron chi connectivity index (χ3n) is 3.35. The zero-order chi connectivity index (χ0) is 17.4. The summed E-state index contributed by atoms with van der Waals surface area (Å²) in [4.78, 5) is 12.0. The molecule has 0 saturated carbocycles. The lowest BCUT2D eigenvalue weighted by molar-refractivity contribution is -0.121. The van der Waals surface area contributed by atoms with Gasteiger partial charge in [0.05, 0.1) is 29.9 Å². The first-order valence-electron chi connectivity index (χ1n) is 8.06. The summed E-state index contributed by atoms with van der Waals surface area (Å²) < 4.78 is 11.1. The summed E-state index contributed by atoms with van der Waals surface area (Å²) in [7, 11) is 0. The van der Waals surface area contributed by atoms with E-state index in [4.69, 9.17) is 9.47 Å². The van der Waals surface area contributed by atoms with Crippen LogP contribution in [0, 0.1) is 0 Å². The molecule has 5 nitrogen and oxygen atoms in total. The van der Waals surface area contributed by atoms with Crippen LogP contribution in [0.15, 0.2) is 23.3 Å². The van der Waals surface area contributed by atoms with E-state index >= 15 is 0 Å². The molecule has 24 heavy (non-hydrogen) atoms. The van der Waals surface area contributed by atoms with Crippen LogP contribution in [0.2, 0.25) is 0 Å². The van der Waals surface area contributed by atoms with Crippen LogP contribution in [-0.2, 0) is 4.79 Å². The van der Waals surface area contributed by atoms with Crippen molar-refractivity contribution in [3.8, 4) is 11.5 Å². The van der Waals surface area contributed by atoms with Gasteiger partial charge in [-0.05, 0) is 44.5 Å². The van der Waals surface area contributed by atoms with Gasteiger partial charge in [-0.2, -0.15) is 5.10 Å².